The van der Waals surface area contributed by atoms with E-state index in [0.29, 0.717) is 0 Å². The van der Waals surface area contributed by atoms with Gasteiger partial charge < -0.3 is 9.13 Å². The van der Waals surface area contributed by atoms with Crippen molar-refractivity contribution in [3.63, 3.8) is 0 Å². The van der Waals surface area contributed by atoms with Gasteiger partial charge in [-0.2, -0.15) is 0 Å². The minimum Gasteiger partial charge on any atom is -0.341 e. The maximum Gasteiger partial charge on any atom is 0.0491 e. The van der Waals surface area contributed by atoms with E-state index in [2.05, 4.69) is 156 Å². The highest BCUT2D eigenvalue weighted by Crippen LogP contribution is 2.38. The molecular weight excluding hydrogens is 508 g/mol. The highest BCUT2D eigenvalue weighted by molar-refractivity contribution is 6.10. The number of aromatic nitrogens is 2. The fourth-order valence-electron chi connectivity index (χ4n) is 6.91. The molecule has 0 aliphatic rings. The number of aryl methyl sites for hydroxylation is 2. The van der Waals surface area contributed by atoms with Crippen LogP contribution < -0.4 is 0 Å². The van der Waals surface area contributed by atoms with Crippen molar-refractivity contribution in [1.82, 2.24) is 9.13 Å². The molecule has 0 aliphatic carbocycles. The predicted molar refractivity (Wildman–Crippen MR) is 180 cm³/mol. The number of hydrogen-bond donors (Lipinski definition) is 0. The number of benzene rings is 6. The third-order valence-corrected chi connectivity index (χ3v) is 8.88. The van der Waals surface area contributed by atoms with Crippen molar-refractivity contribution >= 4 is 43.6 Å². The average molecular weight is 541 g/mol. The Morgan fingerprint density at radius 1 is 0.333 bits per heavy atom. The van der Waals surface area contributed by atoms with Gasteiger partial charge in [0.05, 0.1) is 0 Å². The van der Waals surface area contributed by atoms with Gasteiger partial charge in [-0.25, -0.2) is 0 Å². The van der Waals surface area contributed by atoms with Crippen LogP contribution in [0.5, 0.6) is 0 Å². The summed E-state index contributed by atoms with van der Waals surface area (Å²) in [5, 5.41) is 5.25. The number of rotatable bonds is 5. The van der Waals surface area contributed by atoms with Gasteiger partial charge in [-0.1, -0.05) is 78.9 Å². The van der Waals surface area contributed by atoms with Crippen molar-refractivity contribution in [2.75, 3.05) is 0 Å². The molecule has 202 valence electrons. The third kappa shape index (κ3) is 3.79. The van der Waals surface area contributed by atoms with Gasteiger partial charge in [0.2, 0.25) is 0 Å². The standard InChI is InChI=1S/C40H32N2/c1-3-41-37-16-10-8-14-33(37)35-25-28(18-20-39(35)41)31-22-30(27-12-6-5-7-13-27)23-32(24-31)29-19-21-40-36(26-29)34-15-9-11-17-38(34)42(40)4-2/h5-26H,3-4H2,1-2H3. The van der Waals surface area contributed by atoms with E-state index < -0.39 is 0 Å². The first kappa shape index (κ1) is 24.7. The van der Waals surface area contributed by atoms with E-state index in [4.69, 9.17) is 0 Å². The molecule has 2 heteroatoms. The Morgan fingerprint density at radius 3 is 1.21 bits per heavy atom. The summed E-state index contributed by atoms with van der Waals surface area (Å²) in [6, 6.07) is 49.3. The van der Waals surface area contributed by atoms with Crippen LogP contribution in [0.15, 0.2) is 133 Å². The van der Waals surface area contributed by atoms with Gasteiger partial charge in [0, 0.05) is 56.7 Å². The minimum atomic E-state index is 0.952. The number of fused-ring (bicyclic) bond motifs is 6. The zero-order valence-corrected chi connectivity index (χ0v) is 24.0. The molecule has 2 heterocycles. The Morgan fingerprint density at radius 2 is 0.738 bits per heavy atom. The van der Waals surface area contributed by atoms with Gasteiger partial charge in [0.15, 0.2) is 0 Å². The Kier molecular flexibility index (Phi) is 5.75. The van der Waals surface area contributed by atoms with Crippen LogP contribution in [0.4, 0.5) is 0 Å². The van der Waals surface area contributed by atoms with Crippen LogP contribution in [0, 0.1) is 0 Å². The van der Waals surface area contributed by atoms with Crippen molar-refractivity contribution < 1.29 is 0 Å². The van der Waals surface area contributed by atoms with E-state index in [-0.39, 0.29) is 0 Å². The summed E-state index contributed by atoms with van der Waals surface area (Å²) in [5.41, 5.74) is 12.6. The first-order valence-electron chi connectivity index (χ1n) is 15.0. The Labute approximate surface area is 246 Å². The second kappa shape index (κ2) is 9.78. The molecule has 0 amide bonds. The Hall–Kier alpha value is -5.08. The molecule has 0 N–H and O–H groups in total. The van der Waals surface area contributed by atoms with Crippen LogP contribution >= 0.6 is 0 Å². The molecule has 6 aromatic carbocycles. The van der Waals surface area contributed by atoms with Gasteiger partial charge >= 0.3 is 0 Å². The third-order valence-electron chi connectivity index (χ3n) is 8.88. The molecule has 2 aromatic heterocycles. The molecule has 0 saturated heterocycles. The van der Waals surface area contributed by atoms with Crippen molar-refractivity contribution in [2.24, 2.45) is 0 Å². The molecule has 0 fully saturated rings. The molecule has 0 radical (unpaired) electrons. The smallest absolute Gasteiger partial charge is 0.0491 e. The van der Waals surface area contributed by atoms with Crippen molar-refractivity contribution in [2.45, 2.75) is 26.9 Å². The summed E-state index contributed by atoms with van der Waals surface area (Å²) in [6.07, 6.45) is 0. The fourth-order valence-corrected chi connectivity index (χ4v) is 6.91. The van der Waals surface area contributed by atoms with Crippen LogP contribution in [0.1, 0.15) is 13.8 Å². The number of nitrogens with zero attached hydrogens (tertiary/aromatic N) is 2. The maximum absolute atomic E-state index is 2.42. The van der Waals surface area contributed by atoms with Gasteiger partial charge in [-0.15, -0.1) is 0 Å². The van der Waals surface area contributed by atoms with Crippen LogP contribution in [-0.2, 0) is 13.1 Å². The van der Waals surface area contributed by atoms with Crippen LogP contribution in [0.25, 0.3) is 77.0 Å². The quantitative estimate of drug-likeness (QED) is 0.205. The first-order chi connectivity index (χ1) is 20.7. The lowest BCUT2D eigenvalue weighted by Crippen LogP contribution is -1.93. The van der Waals surface area contributed by atoms with E-state index in [1.807, 2.05) is 0 Å². The van der Waals surface area contributed by atoms with Crippen LogP contribution in [0.2, 0.25) is 0 Å². The Bertz CT molecular complexity index is 2120. The van der Waals surface area contributed by atoms with Gasteiger partial charge in [-0.05, 0) is 102 Å². The van der Waals surface area contributed by atoms with Gasteiger partial charge in [-0.3, -0.25) is 0 Å². The van der Waals surface area contributed by atoms with Crippen LogP contribution in [-0.4, -0.2) is 9.13 Å². The zero-order chi connectivity index (χ0) is 28.2. The summed E-state index contributed by atoms with van der Waals surface area (Å²) in [7, 11) is 0. The summed E-state index contributed by atoms with van der Waals surface area (Å²) in [6.45, 7) is 6.36. The highest BCUT2D eigenvalue weighted by atomic mass is 15.0. The molecule has 42 heavy (non-hydrogen) atoms. The van der Waals surface area contributed by atoms with E-state index in [0.717, 1.165) is 13.1 Å². The topological polar surface area (TPSA) is 9.86 Å². The summed E-state index contributed by atoms with van der Waals surface area (Å²) in [4.78, 5) is 0. The van der Waals surface area contributed by atoms with Gasteiger partial charge in [0.1, 0.15) is 0 Å². The summed E-state index contributed by atoms with van der Waals surface area (Å²) >= 11 is 0. The molecular formula is C40H32N2. The maximum atomic E-state index is 2.42. The van der Waals surface area contributed by atoms with E-state index >= 15 is 0 Å². The largest absolute Gasteiger partial charge is 0.341 e. The minimum absolute atomic E-state index is 0.952. The molecule has 0 spiro atoms. The van der Waals surface area contributed by atoms with Gasteiger partial charge in [0.25, 0.3) is 0 Å². The van der Waals surface area contributed by atoms with Crippen molar-refractivity contribution in [3.05, 3.63) is 133 Å². The second-order valence-electron chi connectivity index (χ2n) is 11.2. The molecule has 0 aliphatic heterocycles. The summed E-state index contributed by atoms with van der Waals surface area (Å²) in [5.74, 6) is 0. The van der Waals surface area contributed by atoms with Crippen molar-refractivity contribution in [1.29, 1.82) is 0 Å². The molecule has 0 bridgehead atoms. The summed E-state index contributed by atoms with van der Waals surface area (Å²) < 4.78 is 4.84. The molecule has 8 rings (SSSR count). The molecule has 0 saturated carbocycles. The molecule has 2 nitrogen and oxygen atoms in total. The predicted octanol–water partition coefficient (Wildman–Crippen LogP) is 10.9. The molecule has 8 aromatic rings. The van der Waals surface area contributed by atoms with E-state index in [1.165, 1.54) is 77.0 Å². The number of para-hydroxylation sites is 2. The fraction of sp³-hybridized carbons (Fsp3) is 0.100. The lowest BCUT2D eigenvalue weighted by Gasteiger charge is -2.12. The zero-order valence-electron chi connectivity index (χ0n) is 24.0. The average Bonchev–Trinajstić information content (AvgIpc) is 3.56. The molecule has 0 unspecified atom stereocenters. The highest BCUT2D eigenvalue weighted by Gasteiger charge is 2.14. The van der Waals surface area contributed by atoms with Crippen LogP contribution in [0.3, 0.4) is 0 Å². The second-order valence-corrected chi connectivity index (χ2v) is 11.2. The van der Waals surface area contributed by atoms with E-state index in [1.54, 1.807) is 0 Å². The first-order valence-corrected chi connectivity index (χ1v) is 15.0. The Balaban J connectivity index is 1.36. The lowest BCUT2D eigenvalue weighted by molar-refractivity contribution is 0.827. The molecule has 0 atom stereocenters. The van der Waals surface area contributed by atoms with E-state index in [9.17, 15) is 0 Å². The SMILES string of the molecule is CCn1c2ccccc2c2cc(-c3cc(-c4ccccc4)cc(-c4ccc5c(c4)c4ccccc4n5CC)c3)ccc21. The normalized spacial score (nSPS) is 11.8. The van der Waals surface area contributed by atoms with Crippen molar-refractivity contribution in [3.8, 4) is 33.4 Å². The number of hydrogen-bond acceptors (Lipinski definition) is 0. The lowest BCUT2D eigenvalue weighted by atomic mass is 9.92. The monoisotopic (exact) mass is 540 g/mol.